The van der Waals surface area contributed by atoms with Gasteiger partial charge in [0.25, 0.3) is 5.71 Å². The van der Waals surface area contributed by atoms with Crippen LogP contribution in [0.2, 0.25) is 0 Å². The molecular weight excluding hydrogens is 312 g/mol. The molecule has 0 unspecified atom stereocenters. The van der Waals surface area contributed by atoms with Crippen molar-refractivity contribution in [1.29, 1.82) is 0 Å². The van der Waals surface area contributed by atoms with Crippen molar-refractivity contribution in [3.05, 3.63) is 53.3 Å². The maximum atomic E-state index is 5.16. The molecule has 130 valence electrons. The molecule has 1 aliphatic rings. The fourth-order valence-electron chi connectivity index (χ4n) is 3.39. The van der Waals surface area contributed by atoms with Crippen LogP contribution >= 0.6 is 0 Å². The molecule has 5 nitrogen and oxygen atoms in total. The van der Waals surface area contributed by atoms with E-state index < -0.39 is 0 Å². The first kappa shape index (κ1) is 16.1. The van der Waals surface area contributed by atoms with Crippen LogP contribution < -0.4 is 5.32 Å². The quantitative estimate of drug-likeness (QED) is 0.759. The number of aryl methyl sites for hydroxylation is 1. The zero-order valence-electron chi connectivity index (χ0n) is 14.7. The molecule has 0 amide bonds. The van der Waals surface area contributed by atoms with E-state index in [-0.39, 0.29) is 0 Å². The van der Waals surface area contributed by atoms with Gasteiger partial charge in [0.15, 0.2) is 0 Å². The molecule has 3 aromatic rings. The summed E-state index contributed by atoms with van der Waals surface area (Å²) in [5.41, 5.74) is 5.12. The summed E-state index contributed by atoms with van der Waals surface area (Å²) >= 11 is 0. The van der Waals surface area contributed by atoms with E-state index in [1.165, 1.54) is 37.9 Å². The summed E-state index contributed by atoms with van der Waals surface area (Å²) in [6, 6.07) is 10.9. The van der Waals surface area contributed by atoms with Crippen molar-refractivity contribution in [2.24, 2.45) is 0 Å². The number of hydrogen-bond acceptors (Lipinski definition) is 5. The molecule has 4 rings (SSSR count). The summed E-state index contributed by atoms with van der Waals surface area (Å²) in [6.45, 7) is 6.20. The van der Waals surface area contributed by atoms with Gasteiger partial charge < -0.3 is 9.84 Å². The van der Waals surface area contributed by atoms with Gasteiger partial charge in [-0.2, -0.15) is 0 Å². The monoisotopic (exact) mass is 336 g/mol. The Bertz CT molecular complexity index is 835. The Kier molecular flexibility index (Phi) is 4.65. The van der Waals surface area contributed by atoms with E-state index in [2.05, 4.69) is 50.7 Å². The van der Waals surface area contributed by atoms with Crippen LogP contribution in [0.5, 0.6) is 0 Å². The van der Waals surface area contributed by atoms with Crippen molar-refractivity contribution < 1.29 is 4.52 Å². The number of nitrogens with zero attached hydrogens (tertiary/aromatic N) is 3. The minimum absolute atomic E-state index is 0.600. The lowest BCUT2D eigenvalue weighted by molar-refractivity contribution is 0.221. The highest BCUT2D eigenvalue weighted by Gasteiger charge is 2.10. The van der Waals surface area contributed by atoms with Gasteiger partial charge in [0, 0.05) is 25.0 Å². The molecule has 1 aromatic carbocycles. The highest BCUT2D eigenvalue weighted by molar-refractivity contribution is 5.76. The number of anilines is 1. The lowest BCUT2D eigenvalue weighted by Gasteiger charge is -2.26. The molecule has 1 saturated heterocycles. The summed E-state index contributed by atoms with van der Waals surface area (Å²) in [5.74, 6) is 0. The predicted octanol–water partition coefficient (Wildman–Crippen LogP) is 4.13. The van der Waals surface area contributed by atoms with Crippen molar-refractivity contribution in [2.45, 2.75) is 39.3 Å². The molecule has 0 radical (unpaired) electrons. The Hall–Kier alpha value is -2.40. The number of likely N-dealkylation sites (tertiary alicyclic amines) is 1. The number of rotatable bonds is 5. The van der Waals surface area contributed by atoms with Crippen molar-refractivity contribution in [3.8, 4) is 0 Å². The number of piperidine rings is 1. The normalized spacial score (nSPS) is 15.6. The first-order chi connectivity index (χ1) is 12.3. The zero-order valence-corrected chi connectivity index (χ0v) is 14.7. The molecule has 3 heterocycles. The summed E-state index contributed by atoms with van der Waals surface area (Å²) < 4.78 is 5.16. The molecule has 5 heteroatoms. The topological polar surface area (TPSA) is 54.2 Å². The molecule has 0 saturated carbocycles. The Morgan fingerprint density at radius 3 is 2.68 bits per heavy atom. The average Bonchev–Trinajstić information content (AvgIpc) is 3.03. The maximum absolute atomic E-state index is 5.16. The highest BCUT2D eigenvalue weighted by Crippen LogP contribution is 2.19. The van der Waals surface area contributed by atoms with Gasteiger partial charge in [-0.15, -0.1) is 0 Å². The van der Waals surface area contributed by atoms with Crippen LogP contribution in [0.3, 0.4) is 0 Å². The van der Waals surface area contributed by atoms with E-state index in [4.69, 9.17) is 4.52 Å². The van der Waals surface area contributed by atoms with E-state index in [0.717, 1.165) is 35.4 Å². The van der Waals surface area contributed by atoms with Gasteiger partial charge in [-0.25, -0.2) is 4.98 Å². The van der Waals surface area contributed by atoms with E-state index >= 15 is 0 Å². The van der Waals surface area contributed by atoms with Crippen LogP contribution in [-0.2, 0) is 13.1 Å². The second-order valence-corrected chi connectivity index (χ2v) is 6.85. The van der Waals surface area contributed by atoms with E-state index in [1.807, 2.05) is 13.1 Å². The molecule has 25 heavy (non-hydrogen) atoms. The van der Waals surface area contributed by atoms with Crippen LogP contribution in [0.25, 0.3) is 11.1 Å². The molecular formula is C20H24N4O. The Labute approximate surface area is 148 Å². The third kappa shape index (κ3) is 3.82. The second-order valence-electron chi connectivity index (χ2n) is 6.85. The van der Waals surface area contributed by atoms with Gasteiger partial charge in [0.1, 0.15) is 0 Å². The fourth-order valence-corrected chi connectivity index (χ4v) is 3.39. The molecule has 0 spiro atoms. The predicted molar refractivity (Wildman–Crippen MR) is 99.4 cm³/mol. The van der Waals surface area contributed by atoms with Crippen LogP contribution in [0.4, 0.5) is 5.69 Å². The number of hydrogen-bond donors (Lipinski definition) is 1. The highest BCUT2D eigenvalue weighted by atomic mass is 16.5. The second kappa shape index (κ2) is 7.23. The molecule has 2 aromatic heterocycles. The van der Waals surface area contributed by atoms with Gasteiger partial charge in [0.2, 0.25) is 0 Å². The Morgan fingerprint density at radius 2 is 1.88 bits per heavy atom. The number of nitrogens with one attached hydrogen (secondary N) is 1. The van der Waals surface area contributed by atoms with Crippen molar-refractivity contribution >= 4 is 16.8 Å². The van der Waals surface area contributed by atoms with Gasteiger partial charge in [0.05, 0.1) is 11.1 Å². The molecule has 0 atom stereocenters. The zero-order chi connectivity index (χ0) is 17.1. The Balaban J connectivity index is 1.36. The van der Waals surface area contributed by atoms with E-state index in [0.29, 0.717) is 5.71 Å². The first-order valence-electron chi connectivity index (χ1n) is 9.04. The first-order valence-corrected chi connectivity index (χ1v) is 9.04. The average molecular weight is 336 g/mol. The van der Waals surface area contributed by atoms with Gasteiger partial charge >= 0.3 is 0 Å². The lowest BCUT2D eigenvalue weighted by Crippen LogP contribution is -2.29. The summed E-state index contributed by atoms with van der Waals surface area (Å²) in [6.07, 6.45) is 5.90. The van der Waals surface area contributed by atoms with Crippen LogP contribution in [0.15, 0.2) is 41.1 Å². The third-order valence-electron chi connectivity index (χ3n) is 4.87. The number of benzene rings is 1. The number of fused-ring (bicyclic) bond motifs is 1. The van der Waals surface area contributed by atoms with Gasteiger partial charge in [-0.05, 0) is 62.2 Å². The minimum atomic E-state index is 0.600. The van der Waals surface area contributed by atoms with E-state index in [1.54, 1.807) is 0 Å². The van der Waals surface area contributed by atoms with Crippen molar-refractivity contribution in [1.82, 2.24) is 15.0 Å². The molecule has 0 aliphatic carbocycles. The third-order valence-corrected chi connectivity index (χ3v) is 4.87. The van der Waals surface area contributed by atoms with Crippen LogP contribution in [-0.4, -0.2) is 28.1 Å². The van der Waals surface area contributed by atoms with Gasteiger partial charge in [-0.1, -0.05) is 23.7 Å². The fraction of sp³-hybridized carbons (Fsp3) is 0.400. The largest absolute Gasteiger partial charge is 0.381 e. The van der Waals surface area contributed by atoms with E-state index in [9.17, 15) is 0 Å². The smallest absolute Gasteiger partial charge is 0.257 e. The van der Waals surface area contributed by atoms with Crippen LogP contribution in [0, 0.1) is 6.92 Å². The Morgan fingerprint density at radius 1 is 1.08 bits per heavy atom. The van der Waals surface area contributed by atoms with Crippen LogP contribution in [0.1, 0.15) is 36.1 Å². The summed E-state index contributed by atoms with van der Waals surface area (Å²) in [4.78, 5) is 6.87. The van der Waals surface area contributed by atoms with Gasteiger partial charge in [-0.3, -0.25) is 4.90 Å². The molecule has 1 fully saturated rings. The molecule has 1 aliphatic heterocycles. The van der Waals surface area contributed by atoms with Crippen molar-refractivity contribution in [3.63, 3.8) is 0 Å². The summed E-state index contributed by atoms with van der Waals surface area (Å²) in [7, 11) is 0. The number of aromatic nitrogens is 2. The number of pyridine rings is 1. The lowest BCUT2D eigenvalue weighted by atomic mass is 10.1. The SMILES string of the molecule is Cc1noc2ncc(CNc3ccc(CN4CCCCC4)cc3)cc12. The van der Waals surface area contributed by atoms with Crippen molar-refractivity contribution in [2.75, 3.05) is 18.4 Å². The standard InChI is InChI=1S/C20H24N4O/c1-15-19-11-17(13-22-20(19)25-23-15)12-21-18-7-5-16(6-8-18)14-24-9-3-2-4-10-24/h5-8,11,13,21H,2-4,9-10,12,14H2,1H3. The minimum Gasteiger partial charge on any atom is -0.381 e. The molecule has 0 bridgehead atoms. The maximum Gasteiger partial charge on any atom is 0.257 e. The molecule has 1 N–H and O–H groups in total. The summed E-state index contributed by atoms with van der Waals surface area (Å²) in [5, 5.41) is 8.40.